The molecule has 0 spiro atoms. The summed E-state index contributed by atoms with van der Waals surface area (Å²) in [5, 5.41) is 8.37. The molecule has 1 aliphatic carbocycles. The number of hydrogen-bond donors (Lipinski definition) is 2. The zero-order valence-corrected chi connectivity index (χ0v) is 16.5. The summed E-state index contributed by atoms with van der Waals surface area (Å²) in [4.78, 5) is 13.5. The van der Waals surface area contributed by atoms with E-state index in [0.29, 0.717) is 28.6 Å². The number of anilines is 1. The third kappa shape index (κ3) is 4.29. The van der Waals surface area contributed by atoms with Crippen LogP contribution in [-0.2, 0) is 10.0 Å². The summed E-state index contributed by atoms with van der Waals surface area (Å²) in [6, 6.07) is 9.65. The van der Waals surface area contributed by atoms with Crippen molar-refractivity contribution in [1.82, 2.24) is 15.0 Å². The summed E-state index contributed by atoms with van der Waals surface area (Å²) in [5.41, 5.74) is 2.49. The Morgan fingerprint density at radius 1 is 1.17 bits per heavy atom. The average Bonchev–Trinajstić information content (AvgIpc) is 3.51. The lowest BCUT2D eigenvalue weighted by Crippen LogP contribution is -2.13. The summed E-state index contributed by atoms with van der Waals surface area (Å²) in [5.74, 6) is 3.29. The highest BCUT2D eigenvalue weighted by Gasteiger charge is 2.26. The maximum absolute atomic E-state index is 11.4. The van der Waals surface area contributed by atoms with Gasteiger partial charge in [-0.2, -0.15) is 4.98 Å². The average molecular weight is 409 g/mol. The number of rotatable bonds is 6. The Morgan fingerprint density at radius 2 is 1.90 bits per heavy atom. The van der Waals surface area contributed by atoms with Crippen LogP contribution in [0.4, 0.5) is 5.95 Å². The number of aromatic nitrogens is 3. The number of fused-ring (bicyclic) bond motifs is 1. The van der Waals surface area contributed by atoms with Crippen molar-refractivity contribution in [3.8, 4) is 18.2 Å². The van der Waals surface area contributed by atoms with Crippen molar-refractivity contribution in [3.63, 3.8) is 0 Å². The molecule has 29 heavy (non-hydrogen) atoms. The number of nitrogens with one attached hydrogen (secondary N) is 1. The Morgan fingerprint density at radius 3 is 2.52 bits per heavy atom. The molecule has 1 atom stereocenters. The van der Waals surface area contributed by atoms with Crippen LogP contribution < -0.4 is 15.2 Å². The number of nitrogens with two attached hydrogens (primary N) is 1. The minimum absolute atomic E-state index is 0.0610. The second-order valence-electron chi connectivity index (χ2n) is 6.86. The van der Waals surface area contributed by atoms with Crippen LogP contribution in [-0.4, -0.2) is 29.5 Å². The van der Waals surface area contributed by atoms with Gasteiger partial charge in [-0.25, -0.2) is 23.5 Å². The van der Waals surface area contributed by atoms with Crippen molar-refractivity contribution in [2.75, 3.05) is 5.32 Å². The molecule has 3 aromatic rings. The standard InChI is InChI=1S/C20H19N5O3S/c1-3-14-6-11-17-18(23-14)19(28-15-7-8-15)25-20(24-17)22-12(2)13-4-9-16(10-5-13)29(21,26)27/h1,4-6,9-12,15H,7-8H2,2H3,(H2,21,26,27)(H,22,24,25)/t12-/m1/s1. The Balaban J connectivity index is 1.64. The van der Waals surface area contributed by atoms with Gasteiger partial charge in [-0.3, -0.25) is 0 Å². The van der Waals surface area contributed by atoms with E-state index in [2.05, 4.69) is 26.2 Å². The van der Waals surface area contributed by atoms with Crippen LogP contribution in [0.5, 0.6) is 5.88 Å². The molecule has 0 aliphatic heterocycles. The molecule has 9 heteroatoms. The number of nitrogens with zero attached hydrogens (tertiary/aromatic N) is 3. The molecule has 1 fully saturated rings. The molecule has 2 heterocycles. The van der Waals surface area contributed by atoms with Crippen molar-refractivity contribution in [2.24, 2.45) is 5.14 Å². The van der Waals surface area contributed by atoms with E-state index in [0.717, 1.165) is 18.4 Å². The predicted octanol–water partition coefficient (Wildman–Crippen LogP) is 2.37. The van der Waals surface area contributed by atoms with E-state index in [1.165, 1.54) is 12.1 Å². The normalized spacial score (nSPS) is 14.9. The molecule has 1 saturated carbocycles. The quantitative estimate of drug-likeness (QED) is 0.600. The Hall–Kier alpha value is -3.22. The second-order valence-corrected chi connectivity index (χ2v) is 8.42. The number of terminal acetylenes is 1. The highest BCUT2D eigenvalue weighted by Crippen LogP contribution is 2.31. The van der Waals surface area contributed by atoms with Crippen molar-refractivity contribution in [1.29, 1.82) is 0 Å². The van der Waals surface area contributed by atoms with Crippen LogP contribution in [0, 0.1) is 12.3 Å². The van der Waals surface area contributed by atoms with E-state index in [9.17, 15) is 8.42 Å². The molecule has 2 aromatic heterocycles. The Kier molecular flexibility index (Phi) is 4.82. The van der Waals surface area contributed by atoms with Crippen LogP contribution in [0.25, 0.3) is 11.0 Å². The number of hydrogen-bond acceptors (Lipinski definition) is 7. The van der Waals surface area contributed by atoms with Gasteiger partial charge in [0.05, 0.1) is 16.5 Å². The van der Waals surface area contributed by atoms with E-state index < -0.39 is 10.0 Å². The van der Waals surface area contributed by atoms with E-state index in [1.54, 1.807) is 24.3 Å². The van der Waals surface area contributed by atoms with Crippen molar-refractivity contribution in [3.05, 3.63) is 47.7 Å². The highest BCUT2D eigenvalue weighted by molar-refractivity contribution is 7.89. The molecule has 0 amide bonds. The number of pyridine rings is 1. The summed E-state index contributed by atoms with van der Waals surface area (Å²) in [7, 11) is -3.73. The van der Waals surface area contributed by atoms with Gasteiger partial charge in [-0.1, -0.05) is 18.1 Å². The Labute approximate surface area is 168 Å². The van der Waals surface area contributed by atoms with Gasteiger partial charge in [-0.15, -0.1) is 6.42 Å². The third-order valence-electron chi connectivity index (χ3n) is 4.52. The predicted molar refractivity (Wildman–Crippen MR) is 109 cm³/mol. The van der Waals surface area contributed by atoms with Gasteiger partial charge in [-0.05, 0) is 49.6 Å². The van der Waals surface area contributed by atoms with Gasteiger partial charge in [0.25, 0.3) is 0 Å². The van der Waals surface area contributed by atoms with E-state index in [4.69, 9.17) is 16.3 Å². The topological polar surface area (TPSA) is 120 Å². The SMILES string of the molecule is C#Cc1ccc2nc(N[C@H](C)c3ccc(S(N)(=O)=O)cc3)nc(OC3CC3)c2n1. The molecule has 148 valence electrons. The molecule has 0 saturated heterocycles. The van der Waals surface area contributed by atoms with Crippen LogP contribution in [0.3, 0.4) is 0 Å². The lowest BCUT2D eigenvalue weighted by Gasteiger charge is -2.16. The lowest BCUT2D eigenvalue weighted by atomic mass is 10.1. The minimum Gasteiger partial charge on any atom is -0.473 e. The van der Waals surface area contributed by atoms with Crippen LogP contribution >= 0.6 is 0 Å². The molecule has 4 rings (SSSR count). The second kappa shape index (κ2) is 7.31. The minimum atomic E-state index is -3.73. The lowest BCUT2D eigenvalue weighted by molar-refractivity contribution is 0.294. The van der Waals surface area contributed by atoms with Crippen molar-refractivity contribution < 1.29 is 13.2 Å². The van der Waals surface area contributed by atoms with Crippen LogP contribution in [0.2, 0.25) is 0 Å². The van der Waals surface area contributed by atoms with E-state index in [1.807, 2.05) is 6.92 Å². The van der Waals surface area contributed by atoms with Crippen LogP contribution in [0.1, 0.15) is 37.1 Å². The number of benzene rings is 1. The molecular formula is C20H19N5O3S. The zero-order valence-electron chi connectivity index (χ0n) is 15.7. The number of sulfonamides is 1. The molecule has 1 aromatic carbocycles. The fourth-order valence-corrected chi connectivity index (χ4v) is 3.30. The monoisotopic (exact) mass is 409 g/mol. The summed E-state index contributed by atoms with van der Waals surface area (Å²) in [6.07, 6.45) is 7.55. The maximum Gasteiger partial charge on any atom is 0.245 e. The molecular weight excluding hydrogens is 390 g/mol. The fourth-order valence-electron chi connectivity index (χ4n) is 2.78. The summed E-state index contributed by atoms with van der Waals surface area (Å²) < 4.78 is 28.7. The number of primary sulfonamides is 1. The van der Waals surface area contributed by atoms with Crippen molar-refractivity contribution >= 4 is 27.0 Å². The van der Waals surface area contributed by atoms with E-state index in [-0.39, 0.29) is 17.0 Å². The van der Waals surface area contributed by atoms with Gasteiger partial charge in [0.2, 0.25) is 21.9 Å². The smallest absolute Gasteiger partial charge is 0.245 e. The molecule has 8 nitrogen and oxygen atoms in total. The zero-order chi connectivity index (χ0) is 20.6. The molecule has 1 aliphatic rings. The van der Waals surface area contributed by atoms with Crippen LogP contribution in [0.15, 0.2) is 41.3 Å². The molecule has 3 N–H and O–H groups in total. The first-order chi connectivity index (χ1) is 13.8. The van der Waals surface area contributed by atoms with Gasteiger partial charge in [0, 0.05) is 0 Å². The summed E-state index contributed by atoms with van der Waals surface area (Å²) in [6.45, 7) is 1.92. The number of ether oxygens (including phenoxy) is 1. The third-order valence-corrected chi connectivity index (χ3v) is 5.44. The van der Waals surface area contributed by atoms with Gasteiger partial charge in [0.15, 0.2) is 5.52 Å². The largest absolute Gasteiger partial charge is 0.473 e. The molecule has 0 bridgehead atoms. The fraction of sp³-hybridized carbons (Fsp3) is 0.250. The first-order valence-electron chi connectivity index (χ1n) is 9.05. The first kappa shape index (κ1) is 19.1. The Bertz CT molecular complexity index is 1220. The van der Waals surface area contributed by atoms with Gasteiger partial charge in [0.1, 0.15) is 11.8 Å². The molecule has 0 unspecified atom stereocenters. The van der Waals surface area contributed by atoms with Crippen molar-refractivity contribution in [2.45, 2.75) is 36.8 Å². The molecule has 0 radical (unpaired) electrons. The first-order valence-corrected chi connectivity index (χ1v) is 10.6. The van der Waals surface area contributed by atoms with Gasteiger partial charge < -0.3 is 10.1 Å². The highest BCUT2D eigenvalue weighted by atomic mass is 32.2. The van der Waals surface area contributed by atoms with E-state index >= 15 is 0 Å². The van der Waals surface area contributed by atoms with Gasteiger partial charge >= 0.3 is 0 Å². The maximum atomic E-state index is 11.4. The summed E-state index contributed by atoms with van der Waals surface area (Å²) >= 11 is 0.